The molecule has 1 aliphatic rings. The number of hydrogen-bond donors (Lipinski definition) is 2. The summed E-state index contributed by atoms with van der Waals surface area (Å²) in [6.45, 7) is 5.92. The van der Waals surface area contributed by atoms with Gasteiger partial charge in [0.25, 0.3) is 5.91 Å². The third kappa shape index (κ3) is 4.97. The lowest BCUT2D eigenvalue weighted by Gasteiger charge is -2.33. The minimum absolute atomic E-state index is 0.134. The van der Waals surface area contributed by atoms with Crippen LogP contribution in [0.15, 0.2) is 24.3 Å². The third-order valence-electron chi connectivity index (χ3n) is 5.46. The molecule has 6 nitrogen and oxygen atoms in total. The Bertz CT molecular complexity index is 831. The van der Waals surface area contributed by atoms with Crippen LogP contribution in [0.2, 0.25) is 0 Å². The average molecular weight is 386 g/mol. The van der Waals surface area contributed by atoms with Crippen LogP contribution < -0.4 is 5.32 Å². The molecule has 1 aromatic carbocycles. The van der Waals surface area contributed by atoms with Crippen molar-refractivity contribution in [3.63, 3.8) is 0 Å². The molecule has 7 heteroatoms. The molecule has 2 amide bonds. The van der Waals surface area contributed by atoms with Crippen molar-refractivity contribution < 1.29 is 14.0 Å². The first-order valence-corrected chi connectivity index (χ1v) is 9.76. The van der Waals surface area contributed by atoms with E-state index in [0.29, 0.717) is 31.5 Å². The standard InChI is InChI=1S/C21H27FN4O2/c1-14-15(2)24-25-19(14)9-10-20(27)26-11-3-4-16(13-26)12-23-21(28)17-5-7-18(22)8-6-17/h5-8,16H,3-4,9-13H2,1-2H3,(H,23,28)(H,24,25)/t16-/m1/s1. The fourth-order valence-corrected chi connectivity index (χ4v) is 3.56. The molecule has 1 aromatic heterocycles. The summed E-state index contributed by atoms with van der Waals surface area (Å²) in [6, 6.07) is 5.50. The molecule has 1 aliphatic heterocycles. The summed E-state index contributed by atoms with van der Waals surface area (Å²) >= 11 is 0. The molecule has 0 spiro atoms. The van der Waals surface area contributed by atoms with E-state index < -0.39 is 0 Å². The number of nitrogens with one attached hydrogen (secondary N) is 2. The van der Waals surface area contributed by atoms with Gasteiger partial charge in [-0.1, -0.05) is 0 Å². The van der Waals surface area contributed by atoms with Crippen LogP contribution in [0.1, 0.15) is 46.6 Å². The van der Waals surface area contributed by atoms with Gasteiger partial charge in [0, 0.05) is 43.7 Å². The number of aromatic amines is 1. The fourth-order valence-electron chi connectivity index (χ4n) is 3.56. The van der Waals surface area contributed by atoms with Crippen LogP contribution in [0, 0.1) is 25.6 Å². The Labute approximate surface area is 164 Å². The molecule has 28 heavy (non-hydrogen) atoms. The summed E-state index contributed by atoms with van der Waals surface area (Å²) in [5.41, 5.74) is 3.55. The molecule has 1 fully saturated rings. The summed E-state index contributed by atoms with van der Waals surface area (Å²) < 4.78 is 13.0. The number of rotatable bonds is 6. The number of aromatic nitrogens is 2. The number of piperidine rings is 1. The first-order chi connectivity index (χ1) is 13.4. The van der Waals surface area contributed by atoms with Crippen molar-refractivity contribution in [1.82, 2.24) is 20.4 Å². The minimum Gasteiger partial charge on any atom is -0.352 e. The molecule has 150 valence electrons. The van der Waals surface area contributed by atoms with Crippen LogP contribution >= 0.6 is 0 Å². The van der Waals surface area contributed by atoms with Crippen molar-refractivity contribution in [2.75, 3.05) is 19.6 Å². The number of nitrogens with zero attached hydrogens (tertiary/aromatic N) is 2. The Kier molecular flexibility index (Phi) is 6.44. The lowest BCUT2D eigenvalue weighted by molar-refractivity contribution is -0.132. The first kappa shape index (κ1) is 20.0. The van der Waals surface area contributed by atoms with Crippen LogP contribution in [0.5, 0.6) is 0 Å². The molecule has 0 saturated carbocycles. The zero-order chi connectivity index (χ0) is 20.1. The molecule has 3 rings (SSSR count). The van der Waals surface area contributed by atoms with E-state index in [2.05, 4.69) is 15.5 Å². The normalized spacial score (nSPS) is 16.8. The summed E-state index contributed by atoms with van der Waals surface area (Å²) in [5.74, 6) is -0.211. The van der Waals surface area contributed by atoms with Crippen LogP contribution in [0.3, 0.4) is 0 Å². The van der Waals surface area contributed by atoms with Crippen molar-refractivity contribution in [2.24, 2.45) is 5.92 Å². The highest BCUT2D eigenvalue weighted by atomic mass is 19.1. The molecule has 2 heterocycles. The number of aryl methyl sites for hydroxylation is 2. The van der Waals surface area contributed by atoms with Gasteiger partial charge in [-0.2, -0.15) is 5.10 Å². The molecular weight excluding hydrogens is 359 g/mol. The Morgan fingerprint density at radius 3 is 2.71 bits per heavy atom. The highest BCUT2D eigenvalue weighted by Gasteiger charge is 2.24. The van der Waals surface area contributed by atoms with E-state index in [4.69, 9.17) is 0 Å². The first-order valence-electron chi connectivity index (χ1n) is 9.76. The van der Waals surface area contributed by atoms with E-state index in [-0.39, 0.29) is 23.5 Å². The van der Waals surface area contributed by atoms with Crippen LogP contribution in [0.4, 0.5) is 4.39 Å². The summed E-state index contributed by atoms with van der Waals surface area (Å²) in [6.07, 6.45) is 2.99. The number of benzene rings is 1. The highest BCUT2D eigenvalue weighted by molar-refractivity contribution is 5.94. The largest absolute Gasteiger partial charge is 0.352 e. The Morgan fingerprint density at radius 2 is 2.04 bits per heavy atom. The van der Waals surface area contributed by atoms with Gasteiger partial charge in [-0.15, -0.1) is 0 Å². The van der Waals surface area contributed by atoms with Gasteiger partial charge in [-0.05, 0) is 62.4 Å². The highest BCUT2D eigenvalue weighted by Crippen LogP contribution is 2.18. The lowest BCUT2D eigenvalue weighted by Crippen LogP contribution is -2.43. The second kappa shape index (κ2) is 8.99. The average Bonchev–Trinajstić information content (AvgIpc) is 3.03. The van der Waals surface area contributed by atoms with Crippen LogP contribution in [-0.4, -0.2) is 46.5 Å². The van der Waals surface area contributed by atoms with Crippen molar-refractivity contribution in [3.8, 4) is 0 Å². The van der Waals surface area contributed by atoms with E-state index in [9.17, 15) is 14.0 Å². The Hall–Kier alpha value is -2.70. The van der Waals surface area contributed by atoms with Gasteiger partial charge in [0.1, 0.15) is 5.82 Å². The SMILES string of the molecule is Cc1[nH]nc(CCC(=O)N2CCC[C@H](CNC(=O)c3ccc(F)cc3)C2)c1C. The van der Waals surface area contributed by atoms with Crippen LogP contribution in [-0.2, 0) is 11.2 Å². The van der Waals surface area contributed by atoms with E-state index >= 15 is 0 Å². The molecule has 2 aromatic rings. The van der Waals surface area contributed by atoms with Gasteiger partial charge < -0.3 is 10.2 Å². The van der Waals surface area contributed by atoms with Crippen molar-refractivity contribution >= 4 is 11.8 Å². The second-order valence-corrected chi connectivity index (χ2v) is 7.49. The number of carbonyl (C=O) groups is 2. The predicted octanol–water partition coefficient (Wildman–Crippen LogP) is 2.77. The topological polar surface area (TPSA) is 78.1 Å². The number of H-pyrrole nitrogens is 1. The zero-order valence-corrected chi connectivity index (χ0v) is 16.4. The van der Waals surface area contributed by atoms with Crippen molar-refractivity contribution in [1.29, 1.82) is 0 Å². The van der Waals surface area contributed by atoms with E-state index in [1.165, 1.54) is 24.3 Å². The van der Waals surface area contributed by atoms with Crippen molar-refractivity contribution in [3.05, 3.63) is 52.6 Å². The monoisotopic (exact) mass is 386 g/mol. The summed E-state index contributed by atoms with van der Waals surface area (Å²) in [7, 11) is 0. The molecule has 1 saturated heterocycles. The Morgan fingerprint density at radius 1 is 1.29 bits per heavy atom. The summed E-state index contributed by atoms with van der Waals surface area (Å²) in [4.78, 5) is 26.7. The van der Waals surface area contributed by atoms with Gasteiger partial charge in [-0.3, -0.25) is 14.7 Å². The quantitative estimate of drug-likeness (QED) is 0.801. The zero-order valence-electron chi connectivity index (χ0n) is 16.4. The van der Waals surface area contributed by atoms with Gasteiger partial charge in [0.15, 0.2) is 0 Å². The van der Waals surface area contributed by atoms with Gasteiger partial charge in [0.2, 0.25) is 5.91 Å². The van der Waals surface area contributed by atoms with Crippen LogP contribution in [0.25, 0.3) is 0 Å². The van der Waals surface area contributed by atoms with E-state index in [0.717, 1.165) is 36.3 Å². The molecule has 2 N–H and O–H groups in total. The third-order valence-corrected chi connectivity index (χ3v) is 5.46. The maximum Gasteiger partial charge on any atom is 0.251 e. The van der Waals surface area contributed by atoms with Gasteiger partial charge in [-0.25, -0.2) is 4.39 Å². The molecule has 0 aliphatic carbocycles. The lowest BCUT2D eigenvalue weighted by atomic mass is 9.97. The molecule has 0 unspecified atom stereocenters. The van der Waals surface area contributed by atoms with E-state index in [1.54, 1.807) is 0 Å². The molecule has 0 radical (unpaired) electrons. The number of hydrogen-bond acceptors (Lipinski definition) is 3. The summed E-state index contributed by atoms with van der Waals surface area (Å²) in [5, 5.41) is 10.1. The minimum atomic E-state index is -0.363. The molecular formula is C21H27FN4O2. The Balaban J connectivity index is 1.46. The number of halogens is 1. The number of amides is 2. The maximum atomic E-state index is 13.0. The second-order valence-electron chi connectivity index (χ2n) is 7.49. The fraction of sp³-hybridized carbons (Fsp3) is 0.476. The number of carbonyl (C=O) groups excluding carboxylic acids is 2. The predicted molar refractivity (Wildman–Crippen MR) is 104 cm³/mol. The van der Waals surface area contributed by atoms with Gasteiger partial charge in [0.05, 0.1) is 5.69 Å². The molecule has 0 bridgehead atoms. The van der Waals surface area contributed by atoms with Gasteiger partial charge >= 0.3 is 0 Å². The number of likely N-dealkylation sites (tertiary alicyclic amines) is 1. The maximum absolute atomic E-state index is 13.0. The molecule has 1 atom stereocenters. The smallest absolute Gasteiger partial charge is 0.251 e. The van der Waals surface area contributed by atoms with E-state index in [1.807, 2.05) is 18.7 Å². The van der Waals surface area contributed by atoms with Crippen molar-refractivity contribution in [2.45, 2.75) is 39.5 Å².